The molecule has 0 radical (unpaired) electrons. The molecule has 0 N–H and O–H groups in total. The molecule has 8 heteroatoms. The van der Waals surface area contributed by atoms with Gasteiger partial charge in [0, 0.05) is 11.6 Å². The molecule has 0 bridgehead atoms. The molecule has 1 heterocycles. The second-order valence-corrected chi connectivity index (χ2v) is 4.45. The van der Waals surface area contributed by atoms with Crippen LogP contribution < -0.4 is 4.74 Å². The Labute approximate surface area is 121 Å². The molecule has 1 unspecified atom stereocenters. The van der Waals surface area contributed by atoms with E-state index in [0.717, 1.165) is 6.42 Å². The number of rotatable bonds is 6. The second kappa shape index (κ2) is 7.14. The Hall–Kier alpha value is -1.99. The minimum Gasteiger partial charge on any atom is -0.454 e. The standard InChI is InChI=1S/C13H17F3N4O/c1-5-8(3)10-18-11(17-9(4)6-2)20-12(19-10)21-7-13(14,15)16/h6,8H,2,5,7H2,1,3-4H3. The summed E-state index contributed by atoms with van der Waals surface area (Å²) in [4.78, 5) is 15.8. The normalized spacial score (nSPS) is 13.9. The van der Waals surface area contributed by atoms with Crippen LogP contribution in [0.5, 0.6) is 6.01 Å². The van der Waals surface area contributed by atoms with E-state index in [1.807, 2.05) is 13.8 Å². The van der Waals surface area contributed by atoms with Gasteiger partial charge in [0.1, 0.15) is 5.82 Å². The summed E-state index contributed by atoms with van der Waals surface area (Å²) < 4.78 is 41.2. The van der Waals surface area contributed by atoms with E-state index in [0.29, 0.717) is 11.5 Å². The molecule has 0 aromatic carbocycles. The molecule has 0 saturated carbocycles. The molecule has 0 amide bonds. The summed E-state index contributed by atoms with van der Waals surface area (Å²) in [6.45, 7) is 7.54. The molecule has 0 aliphatic carbocycles. The lowest BCUT2D eigenvalue weighted by atomic mass is 10.1. The van der Waals surface area contributed by atoms with Gasteiger partial charge in [0.2, 0.25) is 0 Å². The smallest absolute Gasteiger partial charge is 0.422 e. The van der Waals surface area contributed by atoms with E-state index in [-0.39, 0.29) is 17.9 Å². The van der Waals surface area contributed by atoms with Gasteiger partial charge in [-0.1, -0.05) is 20.4 Å². The number of ether oxygens (including phenoxy) is 1. The molecule has 1 atom stereocenters. The van der Waals surface area contributed by atoms with Gasteiger partial charge < -0.3 is 4.74 Å². The molecule has 0 saturated heterocycles. The van der Waals surface area contributed by atoms with Crippen LogP contribution in [-0.4, -0.2) is 33.4 Å². The quantitative estimate of drug-likeness (QED) is 0.753. The number of alkyl halides is 3. The van der Waals surface area contributed by atoms with Gasteiger partial charge in [-0.15, -0.1) is 0 Å². The van der Waals surface area contributed by atoms with Crippen molar-refractivity contribution in [3.8, 4) is 6.01 Å². The predicted octanol–water partition coefficient (Wildman–Crippen LogP) is 3.60. The average Bonchev–Trinajstić information content (AvgIpc) is 2.43. The lowest BCUT2D eigenvalue weighted by Gasteiger charge is -2.11. The fraction of sp³-hybridized carbons (Fsp3) is 0.538. The van der Waals surface area contributed by atoms with Crippen molar-refractivity contribution in [3.05, 3.63) is 18.5 Å². The summed E-state index contributed by atoms with van der Waals surface area (Å²) in [5, 5.41) is 0. The third-order valence-corrected chi connectivity index (χ3v) is 2.61. The first-order valence-electron chi connectivity index (χ1n) is 6.38. The highest BCUT2D eigenvalue weighted by molar-refractivity contribution is 5.93. The number of hydrogen-bond acceptors (Lipinski definition) is 5. The number of aromatic nitrogens is 3. The van der Waals surface area contributed by atoms with Crippen molar-refractivity contribution in [1.29, 1.82) is 0 Å². The first-order valence-corrected chi connectivity index (χ1v) is 6.38. The van der Waals surface area contributed by atoms with Crippen molar-refractivity contribution < 1.29 is 17.9 Å². The number of allylic oxidation sites excluding steroid dienone is 1. The Kier molecular flexibility index (Phi) is 5.80. The maximum absolute atomic E-state index is 12.2. The Bertz CT molecular complexity index is 529. The van der Waals surface area contributed by atoms with Crippen LogP contribution in [0.15, 0.2) is 17.6 Å². The molecule has 1 aromatic rings. The maximum Gasteiger partial charge on any atom is 0.422 e. The molecule has 5 nitrogen and oxygen atoms in total. The number of hydrogen-bond donors (Lipinski definition) is 0. The fourth-order valence-electron chi connectivity index (χ4n) is 1.23. The van der Waals surface area contributed by atoms with Crippen LogP contribution in [0.1, 0.15) is 38.9 Å². The molecule has 0 aliphatic rings. The van der Waals surface area contributed by atoms with Gasteiger partial charge >= 0.3 is 12.2 Å². The van der Waals surface area contributed by atoms with Crippen molar-refractivity contribution >= 4 is 11.7 Å². The van der Waals surface area contributed by atoms with Crippen LogP contribution in [-0.2, 0) is 0 Å². The highest BCUT2D eigenvalue weighted by Crippen LogP contribution is 2.21. The maximum atomic E-state index is 12.2. The third kappa shape index (κ3) is 5.88. The highest BCUT2D eigenvalue weighted by Gasteiger charge is 2.29. The van der Waals surface area contributed by atoms with Crippen molar-refractivity contribution in [2.45, 2.75) is 39.3 Å². The Morgan fingerprint density at radius 2 is 2.05 bits per heavy atom. The zero-order valence-electron chi connectivity index (χ0n) is 12.1. The average molecular weight is 302 g/mol. The molecule has 1 aromatic heterocycles. The first-order chi connectivity index (χ1) is 9.75. The lowest BCUT2D eigenvalue weighted by Crippen LogP contribution is -2.20. The molecule has 0 aliphatic heterocycles. The van der Waals surface area contributed by atoms with Crippen LogP contribution in [0, 0.1) is 0 Å². The summed E-state index contributed by atoms with van der Waals surface area (Å²) in [5.74, 6) is 0.314. The zero-order chi connectivity index (χ0) is 16.0. The highest BCUT2D eigenvalue weighted by atomic mass is 19.4. The molecular weight excluding hydrogens is 285 g/mol. The SMILES string of the molecule is C=CC(C)=Nc1nc(OCC(F)(F)F)nc(C(C)CC)n1. The summed E-state index contributed by atoms with van der Waals surface area (Å²) in [5.41, 5.74) is 0.540. The van der Waals surface area contributed by atoms with Gasteiger partial charge in [-0.05, 0) is 19.4 Å². The van der Waals surface area contributed by atoms with Gasteiger partial charge in [0.05, 0.1) is 0 Å². The summed E-state index contributed by atoms with van der Waals surface area (Å²) in [7, 11) is 0. The zero-order valence-corrected chi connectivity index (χ0v) is 12.1. The molecule has 116 valence electrons. The molecule has 21 heavy (non-hydrogen) atoms. The Morgan fingerprint density at radius 1 is 1.38 bits per heavy atom. The van der Waals surface area contributed by atoms with Crippen LogP contribution in [0.2, 0.25) is 0 Å². The summed E-state index contributed by atoms with van der Waals surface area (Å²) >= 11 is 0. The van der Waals surface area contributed by atoms with Gasteiger partial charge in [-0.25, -0.2) is 4.99 Å². The topological polar surface area (TPSA) is 60.3 Å². The van der Waals surface area contributed by atoms with E-state index in [1.165, 1.54) is 6.08 Å². The van der Waals surface area contributed by atoms with E-state index in [1.54, 1.807) is 6.92 Å². The van der Waals surface area contributed by atoms with E-state index in [2.05, 4.69) is 31.3 Å². The fourth-order valence-corrected chi connectivity index (χ4v) is 1.23. The van der Waals surface area contributed by atoms with Gasteiger partial charge in [-0.2, -0.15) is 28.1 Å². The van der Waals surface area contributed by atoms with Gasteiger partial charge in [0.15, 0.2) is 6.61 Å². The summed E-state index contributed by atoms with van der Waals surface area (Å²) in [6.07, 6.45) is -2.24. The Balaban J connectivity index is 3.11. The van der Waals surface area contributed by atoms with Crippen LogP contribution in [0.4, 0.5) is 19.1 Å². The lowest BCUT2D eigenvalue weighted by molar-refractivity contribution is -0.154. The monoisotopic (exact) mass is 302 g/mol. The molecule has 0 fully saturated rings. The molecular formula is C13H17F3N4O. The molecule has 0 spiro atoms. The van der Waals surface area contributed by atoms with Crippen molar-refractivity contribution in [2.75, 3.05) is 6.61 Å². The first kappa shape index (κ1) is 17.1. The second-order valence-electron chi connectivity index (χ2n) is 4.45. The van der Waals surface area contributed by atoms with Crippen LogP contribution in [0.25, 0.3) is 0 Å². The Morgan fingerprint density at radius 3 is 2.57 bits per heavy atom. The van der Waals surface area contributed by atoms with E-state index < -0.39 is 12.8 Å². The minimum absolute atomic E-state index is 0.00914. The van der Waals surface area contributed by atoms with Gasteiger partial charge in [0.25, 0.3) is 5.95 Å². The van der Waals surface area contributed by atoms with E-state index in [4.69, 9.17) is 0 Å². The van der Waals surface area contributed by atoms with Crippen molar-refractivity contribution in [1.82, 2.24) is 15.0 Å². The minimum atomic E-state index is -4.45. The van der Waals surface area contributed by atoms with Gasteiger partial charge in [-0.3, -0.25) is 0 Å². The van der Waals surface area contributed by atoms with Crippen LogP contribution in [0.3, 0.4) is 0 Å². The number of aliphatic imine (C=N–C) groups is 1. The van der Waals surface area contributed by atoms with Crippen LogP contribution >= 0.6 is 0 Å². The number of halogens is 3. The number of nitrogens with zero attached hydrogens (tertiary/aromatic N) is 4. The molecule has 1 rings (SSSR count). The summed E-state index contributed by atoms with van der Waals surface area (Å²) in [6, 6.07) is -0.381. The largest absolute Gasteiger partial charge is 0.454 e. The third-order valence-electron chi connectivity index (χ3n) is 2.61. The van der Waals surface area contributed by atoms with E-state index >= 15 is 0 Å². The van der Waals surface area contributed by atoms with Crippen molar-refractivity contribution in [2.24, 2.45) is 4.99 Å². The van der Waals surface area contributed by atoms with Crippen molar-refractivity contribution in [3.63, 3.8) is 0 Å². The predicted molar refractivity (Wildman–Crippen MR) is 73.0 cm³/mol. The van der Waals surface area contributed by atoms with E-state index in [9.17, 15) is 13.2 Å².